The van der Waals surface area contributed by atoms with Gasteiger partial charge in [-0.3, -0.25) is 14.4 Å². The van der Waals surface area contributed by atoms with Crippen LogP contribution in [0, 0.1) is 18.8 Å². The van der Waals surface area contributed by atoms with E-state index in [9.17, 15) is 55.5 Å². The van der Waals surface area contributed by atoms with E-state index in [0.29, 0.717) is 0 Å². The highest BCUT2D eigenvalue weighted by Gasteiger charge is 2.52. The van der Waals surface area contributed by atoms with E-state index in [1.807, 2.05) is 0 Å². The average Bonchev–Trinajstić information content (AvgIpc) is 1.62. The monoisotopic (exact) mass is 1170 g/mol. The van der Waals surface area contributed by atoms with Gasteiger partial charge in [-0.2, -0.15) is 0 Å². The van der Waals surface area contributed by atoms with Crippen molar-refractivity contribution in [3.8, 4) is 17.2 Å². The Kier molecular flexibility index (Phi) is 20.4. The van der Waals surface area contributed by atoms with Crippen molar-refractivity contribution in [1.82, 2.24) is 0 Å². The molecule has 462 valence electrons. The first-order valence-electron chi connectivity index (χ1n) is 28.2. The van der Waals surface area contributed by atoms with Crippen molar-refractivity contribution in [3.63, 3.8) is 0 Å². The van der Waals surface area contributed by atoms with Crippen LogP contribution in [0.3, 0.4) is 0 Å². The Labute approximate surface area is 475 Å². The summed E-state index contributed by atoms with van der Waals surface area (Å²) in [4.78, 5) is 41.5. The zero-order valence-corrected chi connectivity index (χ0v) is 48.4. The summed E-state index contributed by atoms with van der Waals surface area (Å²) in [5, 5.41) is 101. The fraction of sp³-hybridized carbons (Fsp3) is 0.772. The number of aliphatic hydroxyl groups is 7. The highest BCUT2D eigenvalue weighted by atomic mass is 16.7. The number of carbonyl (C=O) groups excluding carboxylic acids is 3. The third-order valence-corrected chi connectivity index (χ3v) is 16.8. The lowest BCUT2D eigenvalue weighted by Crippen LogP contribution is -2.59. The van der Waals surface area contributed by atoms with Crippen molar-refractivity contribution in [2.24, 2.45) is 11.8 Å². The van der Waals surface area contributed by atoms with E-state index in [4.69, 9.17) is 61.6 Å². The van der Waals surface area contributed by atoms with Crippen LogP contribution in [0.2, 0.25) is 0 Å². The molecule has 25 nitrogen and oxygen atoms in total. The van der Waals surface area contributed by atoms with Crippen LogP contribution in [-0.4, -0.2) is 225 Å². The molecule has 25 heteroatoms. The maximum atomic E-state index is 15.1. The number of phenols is 2. The SMILES string of the molecule is COC1C(O)CC(OC2C(O)CC(Oc3cc4cc5c(c(O)c4c(O)c3C)C(=O)[C@@H](OC3CC(OC4CC(OC6CC(C)(O)C(OC(=O)C(C)C)C(C)O6)C(O)C(C)O4)C(O)C(C)O3)[C@H]([C@H](OC)C(=O)[C@@H](O)[C@@H](C)O)C5)OC2C)OC1C. The first kappa shape index (κ1) is 64.2. The topological polar surface area (TPSA) is 353 Å². The van der Waals surface area contributed by atoms with Crippen LogP contribution < -0.4 is 4.74 Å². The van der Waals surface area contributed by atoms with Crippen LogP contribution in [0.25, 0.3) is 10.8 Å². The molecule has 20 unspecified atom stereocenters. The van der Waals surface area contributed by atoms with E-state index in [1.54, 1.807) is 48.5 Å². The Hall–Kier alpha value is -3.81. The second-order valence-electron chi connectivity index (χ2n) is 23.5. The van der Waals surface area contributed by atoms with Gasteiger partial charge in [-0.1, -0.05) is 13.8 Å². The quantitative estimate of drug-likeness (QED) is 0.0958. The molecule has 82 heavy (non-hydrogen) atoms. The lowest BCUT2D eigenvalue weighted by atomic mass is 9.75. The molecule has 2 aromatic carbocycles. The average molecular weight is 1170 g/mol. The summed E-state index contributed by atoms with van der Waals surface area (Å²) in [7, 11) is 2.66. The van der Waals surface area contributed by atoms with E-state index in [-0.39, 0.29) is 71.7 Å². The molecule has 2 aromatic rings. The Balaban J connectivity index is 1.00. The van der Waals surface area contributed by atoms with Gasteiger partial charge in [0.2, 0.25) is 6.29 Å². The lowest BCUT2D eigenvalue weighted by molar-refractivity contribution is -0.334. The molecule has 1 aliphatic carbocycles. The Morgan fingerprint density at radius 1 is 0.695 bits per heavy atom. The zero-order valence-electron chi connectivity index (χ0n) is 48.4. The number of carbonyl (C=O) groups is 3. The minimum absolute atomic E-state index is 0.0808. The normalized spacial score (nSPS) is 40.2. The van der Waals surface area contributed by atoms with Gasteiger partial charge in [-0.25, -0.2) is 0 Å². The Morgan fingerprint density at radius 2 is 1.23 bits per heavy atom. The van der Waals surface area contributed by atoms with Crippen molar-refractivity contribution in [1.29, 1.82) is 0 Å². The van der Waals surface area contributed by atoms with Gasteiger partial charge in [0.05, 0.1) is 77.9 Å². The smallest absolute Gasteiger partial charge is 0.308 e. The van der Waals surface area contributed by atoms with Crippen molar-refractivity contribution in [2.75, 3.05) is 14.2 Å². The summed E-state index contributed by atoms with van der Waals surface area (Å²) in [5.74, 6) is -5.00. The molecule has 5 aliphatic heterocycles. The summed E-state index contributed by atoms with van der Waals surface area (Å²) >= 11 is 0. The number of hydrogen-bond donors (Lipinski definition) is 9. The van der Waals surface area contributed by atoms with Gasteiger partial charge in [-0.05, 0) is 84.9 Å². The van der Waals surface area contributed by atoms with E-state index < -0.39 is 188 Å². The van der Waals surface area contributed by atoms with Crippen LogP contribution in [-0.2, 0) is 72.9 Å². The fourth-order valence-corrected chi connectivity index (χ4v) is 12.2. The number of ketones is 2. The predicted octanol–water partition coefficient (Wildman–Crippen LogP) is 1.61. The van der Waals surface area contributed by atoms with Gasteiger partial charge in [-0.15, -0.1) is 0 Å². The van der Waals surface area contributed by atoms with Crippen LogP contribution in [0.1, 0.15) is 116 Å². The van der Waals surface area contributed by atoms with Gasteiger partial charge in [0.15, 0.2) is 42.8 Å². The van der Waals surface area contributed by atoms with E-state index in [1.165, 1.54) is 47.1 Å². The number of esters is 1. The zero-order chi connectivity index (χ0) is 60.1. The molecule has 0 bridgehead atoms. The van der Waals surface area contributed by atoms with Crippen molar-refractivity contribution in [3.05, 3.63) is 28.8 Å². The Morgan fingerprint density at radius 3 is 1.79 bits per heavy atom. The second-order valence-corrected chi connectivity index (χ2v) is 23.5. The van der Waals surface area contributed by atoms with E-state index in [0.717, 1.165) is 0 Å². The third-order valence-electron chi connectivity index (χ3n) is 16.8. The number of fused-ring (bicyclic) bond motifs is 2. The molecule has 9 N–H and O–H groups in total. The number of Topliss-reactive ketones (excluding diaryl/α,β-unsaturated/α-hetero) is 2. The number of phenolic OH excluding ortho intramolecular Hbond substituents is 2. The molecule has 5 heterocycles. The highest BCUT2D eigenvalue weighted by molar-refractivity contribution is 6.11. The van der Waals surface area contributed by atoms with Crippen molar-refractivity contribution >= 4 is 28.3 Å². The van der Waals surface area contributed by atoms with Gasteiger partial charge in [0.1, 0.15) is 65.6 Å². The maximum Gasteiger partial charge on any atom is 0.308 e. The minimum atomic E-state index is -1.95. The summed E-state index contributed by atoms with van der Waals surface area (Å²) in [6.07, 6.45) is -25.7. The molecule has 0 aromatic heterocycles. The number of methoxy groups -OCH3 is 2. The van der Waals surface area contributed by atoms with Crippen LogP contribution in [0.5, 0.6) is 17.2 Å². The molecular weight excluding hydrogens is 1080 g/mol. The fourth-order valence-electron chi connectivity index (χ4n) is 12.2. The number of ether oxygens (including phenoxy) is 13. The molecule has 8 rings (SSSR count). The number of rotatable bonds is 18. The summed E-state index contributed by atoms with van der Waals surface area (Å²) in [5.41, 5.74) is -1.48. The van der Waals surface area contributed by atoms with Gasteiger partial charge in [0, 0.05) is 57.8 Å². The first-order chi connectivity index (χ1) is 38.5. The molecule has 25 atom stereocenters. The van der Waals surface area contributed by atoms with Gasteiger partial charge >= 0.3 is 5.97 Å². The molecule has 6 aliphatic rings. The van der Waals surface area contributed by atoms with Crippen LogP contribution in [0.4, 0.5) is 0 Å². The Bertz CT molecular complexity index is 2540. The predicted molar refractivity (Wildman–Crippen MR) is 282 cm³/mol. The minimum Gasteiger partial charge on any atom is -0.507 e. The van der Waals surface area contributed by atoms with Crippen molar-refractivity contribution < 1.29 is 122 Å². The van der Waals surface area contributed by atoms with Gasteiger partial charge < -0.3 is 108 Å². The third kappa shape index (κ3) is 13.4. The summed E-state index contributed by atoms with van der Waals surface area (Å²) < 4.78 is 78.4. The largest absolute Gasteiger partial charge is 0.507 e. The lowest BCUT2D eigenvalue weighted by Gasteiger charge is -2.47. The summed E-state index contributed by atoms with van der Waals surface area (Å²) in [6.45, 7) is 15.8. The molecule has 0 spiro atoms. The number of aliphatic hydroxyl groups excluding tert-OH is 6. The molecule has 0 radical (unpaired) electrons. The first-order valence-corrected chi connectivity index (χ1v) is 28.2. The van der Waals surface area contributed by atoms with Crippen LogP contribution >= 0.6 is 0 Å². The molecule has 5 saturated heterocycles. The molecule has 5 fully saturated rings. The molecule has 0 saturated carbocycles. The van der Waals surface area contributed by atoms with Crippen LogP contribution in [0.15, 0.2) is 12.1 Å². The maximum absolute atomic E-state index is 15.1. The summed E-state index contributed by atoms with van der Waals surface area (Å²) in [6, 6.07) is 3.04. The van der Waals surface area contributed by atoms with Gasteiger partial charge in [0.25, 0.3) is 0 Å². The standard InChI is InChI=1S/C57H84O25/c1-21(2)56(68)82-55-28(9)76-41(20-57(55,10)69)79-36-18-39(72-24(5)47(36)64)78-35-19-40(73-25(6)46(35)63)81-54-31(53(71-12)50(67)45(62)23(4)58)14-29-13-30-15-34(22(3)44(61)42(30)48(65)43(29)49(54)66)77-37-17-33(60)52(27(8)75-37)80-38-16-32(59)51(70-11)26(7)74-38/h13,15,21,23-28,31-33,35-41,45-47,51-55,58-65,69H,14,16-20H2,1-12H3/t23-,24?,25?,26?,27?,28?,31+,32?,33?,35?,36?,37?,38?,39?,40?,41?,45+,46?,47?,51?,52?,53+,54+,55?,57?/m1/s1. The molecular formula is C57H84O25. The molecule has 0 amide bonds. The second kappa shape index (κ2) is 26.0. The van der Waals surface area contributed by atoms with Crippen molar-refractivity contribution in [2.45, 2.75) is 255 Å². The van der Waals surface area contributed by atoms with E-state index in [2.05, 4.69) is 0 Å². The number of benzene rings is 2. The number of hydrogen-bond acceptors (Lipinski definition) is 25. The number of aromatic hydroxyl groups is 2. The highest BCUT2D eigenvalue weighted by Crippen LogP contribution is 2.48. The van der Waals surface area contributed by atoms with E-state index >= 15 is 4.79 Å².